The summed E-state index contributed by atoms with van der Waals surface area (Å²) in [5.74, 6) is 0.0258. The van der Waals surface area contributed by atoms with Crippen LogP contribution < -0.4 is 15.3 Å². The van der Waals surface area contributed by atoms with E-state index < -0.39 is 5.63 Å². The highest BCUT2D eigenvalue weighted by Crippen LogP contribution is 2.25. The van der Waals surface area contributed by atoms with Crippen LogP contribution in [0.2, 0.25) is 0 Å². The molecule has 7 heteroatoms. The molecule has 1 aliphatic heterocycles. The second-order valence-corrected chi connectivity index (χ2v) is 6.57. The minimum absolute atomic E-state index is 0.240. The van der Waals surface area contributed by atoms with Crippen LogP contribution in [0.25, 0.3) is 11.0 Å². The van der Waals surface area contributed by atoms with E-state index in [1.807, 2.05) is 4.90 Å². The standard InChI is InChI=1S/C21H19FN2O4/c1-27-14-6-7-15-16(13-20(25)28-19(15)12-14)21(26)24-10-8-23(9-11-24)18-5-3-2-4-17(18)22/h2-7,12-13H,8-11H2,1H3. The summed E-state index contributed by atoms with van der Waals surface area (Å²) in [6, 6.07) is 12.8. The number of hydrogen-bond donors (Lipinski definition) is 0. The molecule has 28 heavy (non-hydrogen) atoms. The summed E-state index contributed by atoms with van der Waals surface area (Å²) in [6.45, 7) is 1.90. The maximum atomic E-state index is 14.0. The molecule has 4 rings (SSSR count). The molecule has 0 spiro atoms. The Labute approximate surface area is 160 Å². The molecule has 0 N–H and O–H groups in total. The van der Waals surface area contributed by atoms with E-state index in [0.29, 0.717) is 54.1 Å². The Bertz CT molecular complexity index is 1090. The van der Waals surface area contributed by atoms with Gasteiger partial charge in [-0.1, -0.05) is 12.1 Å². The zero-order chi connectivity index (χ0) is 19.7. The van der Waals surface area contributed by atoms with Gasteiger partial charge in [0.2, 0.25) is 0 Å². The summed E-state index contributed by atoms with van der Waals surface area (Å²) in [5, 5.41) is 0.557. The lowest BCUT2D eigenvalue weighted by Gasteiger charge is -2.36. The van der Waals surface area contributed by atoms with E-state index in [4.69, 9.17) is 9.15 Å². The number of amides is 1. The van der Waals surface area contributed by atoms with Crippen molar-refractivity contribution in [1.29, 1.82) is 0 Å². The van der Waals surface area contributed by atoms with E-state index in [1.54, 1.807) is 41.3 Å². The predicted molar refractivity (Wildman–Crippen MR) is 104 cm³/mol. The molecule has 6 nitrogen and oxygen atoms in total. The fraction of sp³-hybridized carbons (Fsp3) is 0.238. The van der Waals surface area contributed by atoms with Gasteiger partial charge in [0.1, 0.15) is 17.1 Å². The van der Waals surface area contributed by atoms with Gasteiger partial charge in [-0.25, -0.2) is 9.18 Å². The number of para-hydroxylation sites is 1. The largest absolute Gasteiger partial charge is 0.497 e. The highest BCUT2D eigenvalue weighted by molar-refractivity contribution is 6.05. The van der Waals surface area contributed by atoms with Crippen molar-refractivity contribution in [3.8, 4) is 5.75 Å². The molecule has 0 aliphatic carbocycles. The van der Waals surface area contributed by atoms with E-state index in [1.165, 1.54) is 19.2 Å². The van der Waals surface area contributed by atoms with Crippen LogP contribution in [0.4, 0.5) is 10.1 Å². The Balaban J connectivity index is 1.58. The fourth-order valence-corrected chi connectivity index (χ4v) is 3.48. The Hall–Kier alpha value is -3.35. The summed E-state index contributed by atoms with van der Waals surface area (Å²) in [4.78, 5) is 28.6. The molecule has 0 radical (unpaired) electrons. The van der Waals surface area contributed by atoms with Crippen LogP contribution in [0.5, 0.6) is 5.75 Å². The topological polar surface area (TPSA) is 63.0 Å². The van der Waals surface area contributed by atoms with Gasteiger partial charge >= 0.3 is 5.63 Å². The minimum atomic E-state index is -0.589. The molecule has 1 aliphatic rings. The number of carbonyl (C=O) groups excluding carboxylic acids is 1. The van der Waals surface area contributed by atoms with E-state index >= 15 is 0 Å². The third-order valence-electron chi connectivity index (χ3n) is 4.94. The molecule has 0 atom stereocenters. The number of rotatable bonds is 3. The zero-order valence-electron chi connectivity index (χ0n) is 15.4. The number of anilines is 1. The highest BCUT2D eigenvalue weighted by Gasteiger charge is 2.25. The van der Waals surface area contributed by atoms with Crippen molar-refractivity contribution < 1.29 is 18.3 Å². The number of benzene rings is 2. The number of fused-ring (bicyclic) bond motifs is 1. The molecule has 2 heterocycles. The Kier molecular flexibility index (Phi) is 4.73. The molecule has 1 amide bonds. The summed E-state index contributed by atoms with van der Waals surface area (Å²) < 4.78 is 24.4. The van der Waals surface area contributed by atoms with Crippen molar-refractivity contribution in [2.24, 2.45) is 0 Å². The predicted octanol–water partition coefficient (Wildman–Crippen LogP) is 2.90. The van der Waals surface area contributed by atoms with Crippen LogP contribution >= 0.6 is 0 Å². The normalized spacial score (nSPS) is 14.4. The van der Waals surface area contributed by atoms with Gasteiger partial charge in [0.15, 0.2) is 0 Å². The van der Waals surface area contributed by atoms with Crippen molar-refractivity contribution in [3.05, 3.63) is 70.3 Å². The molecule has 1 fully saturated rings. The van der Waals surface area contributed by atoms with Crippen molar-refractivity contribution >= 4 is 22.6 Å². The third kappa shape index (κ3) is 3.31. The van der Waals surface area contributed by atoms with Gasteiger partial charge in [-0.2, -0.15) is 0 Å². The van der Waals surface area contributed by atoms with E-state index in [2.05, 4.69) is 0 Å². The van der Waals surface area contributed by atoms with Crippen LogP contribution in [-0.2, 0) is 0 Å². The maximum absolute atomic E-state index is 14.0. The Morgan fingerprint density at radius 1 is 1.07 bits per heavy atom. The van der Waals surface area contributed by atoms with E-state index in [0.717, 1.165) is 0 Å². The van der Waals surface area contributed by atoms with Gasteiger partial charge in [0, 0.05) is 43.7 Å². The number of piperazine rings is 1. The van der Waals surface area contributed by atoms with Gasteiger partial charge in [-0.05, 0) is 24.3 Å². The third-order valence-corrected chi connectivity index (χ3v) is 4.94. The molecule has 2 aromatic carbocycles. The number of nitrogens with zero attached hydrogens (tertiary/aromatic N) is 2. The lowest BCUT2D eigenvalue weighted by molar-refractivity contribution is 0.0748. The molecule has 1 aromatic heterocycles. The average Bonchev–Trinajstić information content (AvgIpc) is 2.72. The van der Waals surface area contributed by atoms with Crippen LogP contribution in [0.1, 0.15) is 10.4 Å². The van der Waals surface area contributed by atoms with Gasteiger partial charge in [-0.3, -0.25) is 4.79 Å². The minimum Gasteiger partial charge on any atom is -0.497 e. The zero-order valence-corrected chi connectivity index (χ0v) is 15.4. The molecular formula is C21H19FN2O4. The number of ether oxygens (including phenoxy) is 1. The second-order valence-electron chi connectivity index (χ2n) is 6.57. The first-order chi connectivity index (χ1) is 13.6. The van der Waals surface area contributed by atoms with E-state index in [9.17, 15) is 14.0 Å². The summed E-state index contributed by atoms with van der Waals surface area (Å²) in [6.07, 6.45) is 0. The quantitative estimate of drug-likeness (QED) is 0.652. The van der Waals surface area contributed by atoms with Gasteiger partial charge in [0.05, 0.1) is 18.4 Å². The maximum Gasteiger partial charge on any atom is 0.337 e. The molecule has 0 saturated carbocycles. The highest BCUT2D eigenvalue weighted by atomic mass is 19.1. The number of hydrogen-bond acceptors (Lipinski definition) is 5. The molecule has 144 valence electrons. The van der Waals surface area contributed by atoms with Crippen molar-refractivity contribution in [3.63, 3.8) is 0 Å². The smallest absolute Gasteiger partial charge is 0.337 e. The van der Waals surface area contributed by atoms with Crippen molar-refractivity contribution in [2.75, 3.05) is 38.2 Å². The van der Waals surface area contributed by atoms with Gasteiger partial charge in [-0.15, -0.1) is 0 Å². The van der Waals surface area contributed by atoms with Crippen LogP contribution in [0.15, 0.2) is 57.7 Å². The number of halogens is 1. The lowest BCUT2D eigenvalue weighted by Crippen LogP contribution is -2.49. The SMILES string of the molecule is COc1ccc2c(C(=O)N3CCN(c4ccccc4F)CC3)cc(=O)oc2c1. The van der Waals surface area contributed by atoms with E-state index in [-0.39, 0.29) is 11.7 Å². The first-order valence-corrected chi connectivity index (χ1v) is 8.97. The molecule has 3 aromatic rings. The summed E-state index contributed by atoms with van der Waals surface area (Å²) >= 11 is 0. The average molecular weight is 382 g/mol. The monoisotopic (exact) mass is 382 g/mol. The van der Waals surface area contributed by atoms with Crippen LogP contribution in [0.3, 0.4) is 0 Å². The van der Waals surface area contributed by atoms with Gasteiger partial charge < -0.3 is 19.0 Å². The first-order valence-electron chi connectivity index (χ1n) is 8.97. The molecule has 0 unspecified atom stereocenters. The Morgan fingerprint density at radius 3 is 2.54 bits per heavy atom. The van der Waals surface area contributed by atoms with Crippen LogP contribution in [-0.4, -0.2) is 44.1 Å². The molecule has 0 bridgehead atoms. The van der Waals surface area contributed by atoms with Crippen molar-refractivity contribution in [2.45, 2.75) is 0 Å². The Morgan fingerprint density at radius 2 is 1.82 bits per heavy atom. The lowest BCUT2D eigenvalue weighted by atomic mass is 10.1. The summed E-state index contributed by atoms with van der Waals surface area (Å²) in [5.41, 5.74) is 0.551. The fourth-order valence-electron chi connectivity index (χ4n) is 3.48. The van der Waals surface area contributed by atoms with Gasteiger partial charge in [0.25, 0.3) is 5.91 Å². The number of carbonyl (C=O) groups is 1. The first kappa shape index (κ1) is 18.0. The molecule has 1 saturated heterocycles. The van der Waals surface area contributed by atoms with Crippen molar-refractivity contribution in [1.82, 2.24) is 4.90 Å². The summed E-state index contributed by atoms with van der Waals surface area (Å²) in [7, 11) is 1.52. The number of methoxy groups -OCH3 is 1. The van der Waals surface area contributed by atoms with Crippen LogP contribution in [0, 0.1) is 5.82 Å². The second kappa shape index (κ2) is 7.34. The molecular weight excluding hydrogens is 363 g/mol.